The molecule has 6 heteroatoms. The molecule has 0 amide bonds. The monoisotopic (exact) mass is 369 g/mol. The maximum atomic E-state index is 13.9. The number of fused-ring (bicyclic) bond motifs is 1. The van der Waals surface area contributed by atoms with Crippen molar-refractivity contribution in [1.29, 1.82) is 0 Å². The minimum atomic E-state index is -1.77. The van der Waals surface area contributed by atoms with Crippen LogP contribution in [-0.2, 0) is 0 Å². The van der Waals surface area contributed by atoms with Crippen LogP contribution >= 0.6 is 0 Å². The molecule has 0 spiro atoms. The fourth-order valence-corrected chi connectivity index (χ4v) is 2.87. The summed E-state index contributed by atoms with van der Waals surface area (Å²) in [4.78, 5) is 2.53. The Morgan fingerprint density at radius 1 is 0.704 bits per heavy atom. The van der Waals surface area contributed by atoms with Crippen LogP contribution in [0.15, 0.2) is 66.7 Å². The number of halogens is 4. The van der Waals surface area contributed by atoms with E-state index < -0.39 is 29.3 Å². The number of hydrogen-bond acceptors (Lipinski definition) is 2. The topological polar surface area (TPSA) is 22.1 Å². The van der Waals surface area contributed by atoms with Gasteiger partial charge < -0.3 is 4.74 Å². The van der Waals surface area contributed by atoms with Crippen molar-refractivity contribution in [2.75, 3.05) is 0 Å². The summed E-state index contributed by atoms with van der Waals surface area (Å²) in [6, 6.07) is 19.8. The quantitative estimate of drug-likeness (QED) is 0.315. The maximum Gasteiger partial charge on any atom is 0.255 e. The van der Waals surface area contributed by atoms with Gasteiger partial charge in [-0.05, 0) is 34.0 Å². The van der Waals surface area contributed by atoms with Crippen LogP contribution in [0, 0.1) is 23.5 Å². The summed E-state index contributed by atoms with van der Waals surface area (Å²) in [5, 5.41) is 1.63. The Kier molecular flexibility index (Phi) is 4.24. The molecule has 0 aliphatic heterocycles. The molecule has 1 heterocycles. The first-order chi connectivity index (χ1) is 13.0. The molecule has 134 valence electrons. The van der Waals surface area contributed by atoms with Crippen LogP contribution in [-0.4, -0.2) is 4.98 Å². The third kappa shape index (κ3) is 3.10. The lowest BCUT2D eigenvalue weighted by Gasteiger charge is -2.13. The Bertz CT molecular complexity index is 1120. The van der Waals surface area contributed by atoms with E-state index in [1.165, 1.54) is 6.07 Å². The summed E-state index contributed by atoms with van der Waals surface area (Å²) in [5.74, 6) is -8.06. The molecule has 1 aromatic heterocycles. The Balaban J connectivity index is 1.90. The van der Waals surface area contributed by atoms with Crippen LogP contribution in [0.5, 0.6) is 11.5 Å². The molecule has 0 N–H and O–H groups in total. The lowest BCUT2D eigenvalue weighted by atomic mass is 9.98. The maximum absolute atomic E-state index is 13.9. The van der Waals surface area contributed by atoms with Crippen LogP contribution in [0.4, 0.5) is 17.6 Å². The average Bonchev–Trinajstić information content (AvgIpc) is 2.70. The molecule has 4 rings (SSSR count). The Morgan fingerprint density at radius 2 is 1.33 bits per heavy atom. The van der Waals surface area contributed by atoms with E-state index in [0.717, 1.165) is 21.9 Å². The van der Waals surface area contributed by atoms with E-state index in [1.807, 2.05) is 42.5 Å². The second-order valence-electron chi connectivity index (χ2n) is 5.81. The minimum absolute atomic E-state index is 0.0374. The number of ether oxygens (including phenoxy) is 1. The van der Waals surface area contributed by atoms with E-state index >= 15 is 0 Å². The van der Waals surface area contributed by atoms with Gasteiger partial charge in [-0.3, -0.25) is 0 Å². The minimum Gasteiger partial charge on any atom is -0.451 e. The second kappa shape index (κ2) is 6.72. The van der Waals surface area contributed by atoms with Gasteiger partial charge in [-0.1, -0.05) is 54.6 Å². The van der Waals surface area contributed by atoms with Crippen molar-refractivity contribution in [3.05, 3.63) is 90.3 Å². The van der Waals surface area contributed by atoms with E-state index in [9.17, 15) is 17.6 Å². The number of nitrogens with zero attached hydrogens (tertiary/aromatic N) is 1. The molecule has 4 aromatic rings. The number of aromatic nitrogens is 1. The molecule has 0 unspecified atom stereocenters. The van der Waals surface area contributed by atoms with Crippen LogP contribution in [0.3, 0.4) is 0 Å². The highest BCUT2D eigenvalue weighted by Gasteiger charge is 2.23. The molecule has 0 atom stereocenters. The van der Waals surface area contributed by atoms with Gasteiger partial charge in [0.15, 0.2) is 0 Å². The molecule has 0 saturated carbocycles. The van der Waals surface area contributed by atoms with Gasteiger partial charge >= 0.3 is 0 Å². The van der Waals surface area contributed by atoms with Gasteiger partial charge in [0.1, 0.15) is 5.75 Å². The lowest BCUT2D eigenvalue weighted by Crippen LogP contribution is -2.03. The first-order valence-corrected chi connectivity index (χ1v) is 8.00. The van der Waals surface area contributed by atoms with E-state index in [4.69, 9.17) is 4.74 Å². The van der Waals surface area contributed by atoms with Crippen LogP contribution < -0.4 is 4.74 Å². The number of pyridine rings is 1. The number of rotatable bonds is 3. The lowest BCUT2D eigenvalue weighted by molar-refractivity contribution is 0.343. The van der Waals surface area contributed by atoms with Crippen molar-refractivity contribution in [2.45, 2.75) is 0 Å². The molecule has 0 saturated heterocycles. The van der Waals surface area contributed by atoms with Crippen molar-refractivity contribution >= 4 is 10.8 Å². The standard InChI is InChI=1S/C21H11F4NO/c22-17-19(18(23)21(25)26-20(17)24)27-14-10-13-8-4-5-9-15(13)16(11-14)12-6-2-1-3-7-12/h1-11H. The zero-order valence-electron chi connectivity index (χ0n) is 13.7. The molecule has 3 aromatic carbocycles. The predicted octanol–water partition coefficient (Wildman–Crippen LogP) is 6.25. The second-order valence-corrected chi connectivity index (χ2v) is 5.81. The molecular weight excluding hydrogens is 358 g/mol. The fraction of sp³-hybridized carbons (Fsp3) is 0. The molecule has 0 fully saturated rings. The number of benzene rings is 3. The van der Waals surface area contributed by atoms with Gasteiger partial charge in [0.2, 0.25) is 17.4 Å². The highest BCUT2D eigenvalue weighted by molar-refractivity contribution is 5.97. The molecule has 2 nitrogen and oxygen atoms in total. The van der Waals surface area contributed by atoms with Crippen molar-refractivity contribution < 1.29 is 22.3 Å². The normalized spacial score (nSPS) is 11.0. The summed E-state index contributed by atoms with van der Waals surface area (Å²) in [6.07, 6.45) is 0. The first-order valence-electron chi connectivity index (χ1n) is 8.00. The van der Waals surface area contributed by atoms with E-state index in [1.54, 1.807) is 18.2 Å². The molecule has 0 bridgehead atoms. The van der Waals surface area contributed by atoms with Crippen LogP contribution in [0.1, 0.15) is 0 Å². The summed E-state index contributed by atoms with van der Waals surface area (Å²) >= 11 is 0. The summed E-state index contributed by atoms with van der Waals surface area (Å²) < 4.78 is 59.7. The van der Waals surface area contributed by atoms with Gasteiger partial charge in [0.25, 0.3) is 11.9 Å². The van der Waals surface area contributed by atoms with Crippen molar-refractivity contribution in [3.8, 4) is 22.6 Å². The zero-order chi connectivity index (χ0) is 19.0. The van der Waals surface area contributed by atoms with Crippen LogP contribution in [0.25, 0.3) is 21.9 Å². The van der Waals surface area contributed by atoms with E-state index in [-0.39, 0.29) is 5.75 Å². The van der Waals surface area contributed by atoms with Crippen molar-refractivity contribution in [1.82, 2.24) is 4.98 Å². The zero-order valence-corrected chi connectivity index (χ0v) is 13.7. The number of hydrogen-bond donors (Lipinski definition) is 0. The van der Waals surface area contributed by atoms with Gasteiger partial charge in [0, 0.05) is 0 Å². The van der Waals surface area contributed by atoms with Crippen molar-refractivity contribution in [3.63, 3.8) is 0 Å². The van der Waals surface area contributed by atoms with Gasteiger partial charge in [-0.25, -0.2) is 0 Å². The fourth-order valence-electron chi connectivity index (χ4n) is 2.87. The highest BCUT2D eigenvalue weighted by Crippen LogP contribution is 2.36. The first kappa shape index (κ1) is 17.0. The third-order valence-electron chi connectivity index (χ3n) is 4.10. The summed E-state index contributed by atoms with van der Waals surface area (Å²) in [5.41, 5.74) is 1.60. The van der Waals surface area contributed by atoms with Gasteiger partial charge in [-0.2, -0.15) is 22.5 Å². The van der Waals surface area contributed by atoms with Crippen LogP contribution in [0.2, 0.25) is 0 Å². The van der Waals surface area contributed by atoms with Crippen molar-refractivity contribution in [2.24, 2.45) is 0 Å². The molecule has 0 radical (unpaired) electrons. The Morgan fingerprint density at radius 3 is 2.04 bits per heavy atom. The molecule has 27 heavy (non-hydrogen) atoms. The SMILES string of the molecule is Fc1nc(F)c(F)c(Oc2cc(-c3ccccc3)c3ccccc3c2)c1F. The predicted molar refractivity (Wildman–Crippen MR) is 93.5 cm³/mol. The van der Waals surface area contributed by atoms with E-state index in [2.05, 4.69) is 4.98 Å². The Labute approximate surface area is 151 Å². The largest absolute Gasteiger partial charge is 0.451 e. The Hall–Kier alpha value is -3.41. The smallest absolute Gasteiger partial charge is 0.255 e. The summed E-state index contributed by atoms with van der Waals surface area (Å²) in [7, 11) is 0. The highest BCUT2D eigenvalue weighted by atomic mass is 19.2. The molecular formula is C21H11F4NO. The van der Waals surface area contributed by atoms with E-state index in [0.29, 0.717) is 0 Å². The third-order valence-corrected chi connectivity index (χ3v) is 4.10. The average molecular weight is 369 g/mol. The summed E-state index contributed by atoms with van der Waals surface area (Å²) in [6.45, 7) is 0. The van der Waals surface area contributed by atoms with Gasteiger partial charge in [-0.15, -0.1) is 0 Å². The molecule has 0 aliphatic rings. The van der Waals surface area contributed by atoms with Gasteiger partial charge in [0.05, 0.1) is 0 Å². The molecule has 0 aliphatic carbocycles.